The van der Waals surface area contributed by atoms with Gasteiger partial charge in [-0.1, -0.05) is 30.3 Å². The van der Waals surface area contributed by atoms with Crippen LogP contribution in [0.2, 0.25) is 0 Å². The number of piperidine rings is 1. The number of nitrogens with one attached hydrogen (secondary N) is 3. The first-order valence-electron chi connectivity index (χ1n) is 13.2. The molecule has 0 unspecified atom stereocenters. The van der Waals surface area contributed by atoms with Crippen LogP contribution < -0.4 is 20.9 Å². The zero-order valence-corrected chi connectivity index (χ0v) is 23.3. The third-order valence-electron chi connectivity index (χ3n) is 6.90. The minimum Gasteiger partial charge on any atom is -0.350 e. The highest BCUT2D eigenvalue weighted by Gasteiger charge is 2.25. The van der Waals surface area contributed by atoms with Crippen molar-refractivity contribution < 1.29 is 26.0 Å². The molecule has 1 aliphatic rings. The van der Waals surface area contributed by atoms with Crippen LogP contribution >= 0.6 is 0 Å². The second-order valence-corrected chi connectivity index (χ2v) is 11.9. The first kappa shape index (κ1) is 29.5. The zero-order chi connectivity index (χ0) is 30.0. The number of rotatable bonds is 9. The molecule has 0 amide bonds. The summed E-state index contributed by atoms with van der Waals surface area (Å²) in [6.45, 7) is 1.18. The Balaban J connectivity index is 1.51. The molecule has 1 aliphatic heterocycles. The van der Waals surface area contributed by atoms with Gasteiger partial charge in [-0.2, -0.15) is 4.98 Å². The van der Waals surface area contributed by atoms with Gasteiger partial charge in [0.25, 0.3) is 5.56 Å². The predicted molar refractivity (Wildman–Crippen MR) is 152 cm³/mol. The molecule has 222 valence electrons. The van der Waals surface area contributed by atoms with Crippen LogP contribution in [0.5, 0.6) is 0 Å². The number of hydrogen-bond acceptors (Lipinski definition) is 7. The van der Waals surface area contributed by atoms with Crippen LogP contribution in [0.25, 0.3) is 22.2 Å². The van der Waals surface area contributed by atoms with Gasteiger partial charge in [-0.25, -0.2) is 31.0 Å². The SMILES string of the molecule is C[C@H](CF)n1c(=O)c(-c2ccc(NS(=O)(=O)Cc3ccccc3)c(F)c2F)cc2cnc(N[C@@H]3CNC[C@@H](F)C3)nc21. The Kier molecular flexibility index (Phi) is 8.45. The molecular weight excluding hydrogens is 576 g/mol. The lowest BCUT2D eigenvalue weighted by Gasteiger charge is -2.26. The first-order chi connectivity index (χ1) is 20.1. The van der Waals surface area contributed by atoms with E-state index in [0.717, 1.165) is 16.7 Å². The molecule has 0 bridgehead atoms. The summed E-state index contributed by atoms with van der Waals surface area (Å²) in [5.41, 5.74) is -1.70. The normalized spacial score (nSPS) is 18.1. The van der Waals surface area contributed by atoms with Gasteiger partial charge in [0.15, 0.2) is 11.6 Å². The van der Waals surface area contributed by atoms with Crippen molar-refractivity contribution >= 4 is 32.7 Å². The average Bonchev–Trinajstić information content (AvgIpc) is 2.95. The quantitative estimate of drug-likeness (QED) is 0.244. The van der Waals surface area contributed by atoms with Gasteiger partial charge in [0.05, 0.1) is 23.0 Å². The number of halogens is 4. The van der Waals surface area contributed by atoms with E-state index in [1.807, 2.05) is 4.72 Å². The van der Waals surface area contributed by atoms with Gasteiger partial charge in [0.1, 0.15) is 18.5 Å². The molecular formula is C28H28F4N6O3S. The summed E-state index contributed by atoms with van der Waals surface area (Å²) in [6, 6.07) is 10.2. The molecule has 0 saturated carbocycles. The van der Waals surface area contributed by atoms with Crippen LogP contribution in [0, 0.1) is 11.6 Å². The molecule has 42 heavy (non-hydrogen) atoms. The van der Waals surface area contributed by atoms with Gasteiger partial charge >= 0.3 is 0 Å². The Bertz CT molecular complexity index is 1770. The Labute approximate surface area is 239 Å². The van der Waals surface area contributed by atoms with Crippen LogP contribution in [0.3, 0.4) is 0 Å². The molecule has 3 atom stereocenters. The summed E-state index contributed by atoms with van der Waals surface area (Å²) in [6.07, 6.45) is 0.521. The molecule has 3 N–H and O–H groups in total. The Morgan fingerprint density at radius 3 is 2.57 bits per heavy atom. The maximum atomic E-state index is 15.4. The fraction of sp³-hybridized carbons (Fsp3) is 0.321. The number of benzene rings is 2. The summed E-state index contributed by atoms with van der Waals surface area (Å²) in [4.78, 5) is 22.2. The standard InChI is InChI=1S/C28H28F4N6O3S/c1-16(11-29)38-26-18(12-34-28(36-26)35-20-10-19(30)13-33-14-20)9-22(27(38)39)21-7-8-23(25(32)24(21)31)37-42(40,41)15-17-5-3-2-4-6-17/h2-9,12,16,19-20,33,37H,10-11,13-15H2,1H3,(H,34,35,36)/t16-,19+,20+/m1/s1. The summed E-state index contributed by atoms with van der Waals surface area (Å²) >= 11 is 0. The summed E-state index contributed by atoms with van der Waals surface area (Å²) in [5.74, 6) is -3.33. The molecule has 0 spiro atoms. The highest BCUT2D eigenvalue weighted by molar-refractivity contribution is 7.91. The van der Waals surface area contributed by atoms with Crippen LogP contribution in [0.4, 0.5) is 29.2 Å². The van der Waals surface area contributed by atoms with E-state index >= 15 is 8.78 Å². The van der Waals surface area contributed by atoms with Crippen LogP contribution in [0.1, 0.15) is 24.9 Å². The van der Waals surface area contributed by atoms with Crippen molar-refractivity contribution in [3.63, 3.8) is 0 Å². The molecule has 2 aromatic carbocycles. The van der Waals surface area contributed by atoms with Crippen LogP contribution in [-0.2, 0) is 15.8 Å². The highest BCUT2D eigenvalue weighted by atomic mass is 32.2. The van der Waals surface area contributed by atoms with Gasteiger partial charge in [-0.3, -0.25) is 14.1 Å². The minimum atomic E-state index is -4.09. The maximum Gasteiger partial charge on any atom is 0.260 e. The first-order valence-corrected chi connectivity index (χ1v) is 14.8. The van der Waals surface area contributed by atoms with Crippen molar-refractivity contribution in [2.24, 2.45) is 0 Å². The van der Waals surface area contributed by atoms with E-state index in [1.54, 1.807) is 30.3 Å². The van der Waals surface area contributed by atoms with Crippen molar-refractivity contribution in [2.75, 3.05) is 29.8 Å². The topological polar surface area (TPSA) is 118 Å². The molecule has 14 heteroatoms. The van der Waals surface area contributed by atoms with E-state index in [4.69, 9.17) is 0 Å². The molecule has 3 heterocycles. The van der Waals surface area contributed by atoms with Crippen molar-refractivity contribution in [1.82, 2.24) is 19.9 Å². The summed E-state index contributed by atoms with van der Waals surface area (Å²) in [7, 11) is -4.09. The van der Waals surface area contributed by atoms with Gasteiger partial charge in [-0.15, -0.1) is 0 Å². The third kappa shape index (κ3) is 6.23. The number of aromatic nitrogens is 3. The van der Waals surface area contributed by atoms with E-state index in [2.05, 4.69) is 20.6 Å². The van der Waals surface area contributed by atoms with Gasteiger partial charge in [0, 0.05) is 42.7 Å². The van der Waals surface area contributed by atoms with E-state index in [1.165, 1.54) is 19.2 Å². The zero-order valence-electron chi connectivity index (χ0n) is 22.5. The number of nitrogens with zero attached hydrogens (tertiary/aromatic N) is 3. The number of anilines is 2. The molecule has 9 nitrogen and oxygen atoms in total. The lowest BCUT2D eigenvalue weighted by molar-refractivity contribution is 0.254. The molecule has 0 radical (unpaired) electrons. The number of sulfonamides is 1. The smallest absolute Gasteiger partial charge is 0.260 e. The maximum absolute atomic E-state index is 15.4. The number of hydrogen-bond donors (Lipinski definition) is 3. The van der Waals surface area contributed by atoms with Gasteiger partial charge in [-0.05, 0) is 30.7 Å². The molecule has 0 aliphatic carbocycles. The van der Waals surface area contributed by atoms with E-state index in [9.17, 15) is 22.0 Å². The lowest BCUT2D eigenvalue weighted by atomic mass is 10.0. The Morgan fingerprint density at radius 1 is 1.10 bits per heavy atom. The number of fused-ring (bicyclic) bond motifs is 1. The van der Waals surface area contributed by atoms with Crippen molar-refractivity contribution in [2.45, 2.75) is 37.4 Å². The molecule has 2 aromatic heterocycles. The molecule has 1 saturated heterocycles. The van der Waals surface area contributed by atoms with E-state index in [-0.39, 0.29) is 41.6 Å². The highest BCUT2D eigenvalue weighted by Crippen LogP contribution is 2.30. The number of alkyl halides is 2. The monoisotopic (exact) mass is 604 g/mol. The number of pyridine rings is 1. The predicted octanol–water partition coefficient (Wildman–Crippen LogP) is 4.32. The van der Waals surface area contributed by atoms with Crippen molar-refractivity contribution in [1.29, 1.82) is 0 Å². The molecule has 1 fully saturated rings. The summed E-state index contributed by atoms with van der Waals surface area (Å²) in [5, 5.41) is 6.20. The van der Waals surface area contributed by atoms with E-state index in [0.29, 0.717) is 12.1 Å². The second kappa shape index (κ2) is 12.1. The Hall–Kier alpha value is -4.04. The van der Waals surface area contributed by atoms with Gasteiger partial charge < -0.3 is 10.6 Å². The van der Waals surface area contributed by atoms with Crippen LogP contribution in [-0.4, -0.2) is 54.9 Å². The minimum absolute atomic E-state index is 0.0538. The summed E-state index contributed by atoms with van der Waals surface area (Å²) < 4.78 is 86.5. The fourth-order valence-corrected chi connectivity index (χ4v) is 6.07. The van der Waals surface area contributed by atoms with Crippen molar-refractivity contribution in [3.05, 3.63) is 82.3 Å². The molecule has 4 aromatic rings. The average molecular weight is 605 g/mol. The fourth-order valence-electron chi connectivity index (χ4n) is 4.88. The van der Waals surface area contributed by atoms with Crippen LogP contribution in [0.15, 0.2) is 59.5 Å². The molecule has 5 rings (SSSR count). The lowest BCUT2D eigenvalue weighted by Crippen LogP contribution is -2.44. The Morgan fingerprint density at radius 2 is 1.86 bits per heavy atom. The third-order valence-corrected chi connectivity index (χ3v) is 8.15. The van der Waals surface area contributed by atoms with Gasteiger partial charge in [0.2, 0.25) is 16.0 Å². The van der Waals surface area contributed by atoms with Crippen molar-refractivity contribution in [3.8, 4) is 11.1 Å². The largest absolute Gasteiger partial charge is 0.350 e. The second-order valence-electron chi connectivity index (χ2n) is 10.2. The van der Waals surface area contributed by atoms with E-state index < -0.39 is 63.1 Å².